The van der Waals surface area contributed by atoms with E-state index in [0.717, 1.165) is 6.42 Å². The zero-order valence-corrected chi connectivity index (χ0v) is 8.55. The summed E-state index contributed by atoms with van der Waals surface area (Å²) < 4.78 is 0. The summed E-state index contributed by atoms with van der Waals surface area (Å²) in [4.78, 5) is 11.0. The van der Waals surface area contributed by atoms with E-state index in [1.165, 1.54) is 18.4 Å². The Labute approximate surface area is 80.5 Å². The van der Waals surface area contributed by atoms with E-state index in [2.05, 4.69) is 19.1 Å². The molecule has 0 aromatic rings. The van der Waals surface area contributed by atoms with Crippen molar-refractivity contribution in [2.75, 3.05) is 0 Å². The molecule has 1 heteroatoms. The van der Waals surface area contributed by atoms with E-state index >= 15 is 0 Å². The summed E-state index contributed by atoms with van der Waals surface area (Å²) in [6, 6.07) is 0. The van der Waals surface area contributed by atoms with Crippen molar-refractivity contribution in [1.82, 2.24) is 0 Å². The third-order valence-corrected chi connectivity index (χ3v) is 2.58. The lowest BCUT2D eigenvalue weighted by Crippen LogP contribution is -2.02. The molecule has 0 fully saturated rings. The van der Waals surface area contributed by atoms with E-state index in [1.54, 1.807) is 6.08 Å². The van der Waals surface area contributed by atoms with Crippen molar-refractivity contribution in [1.29, 1.82) is 0 Å². The molecule has 0 bridgehead atoms. The summed E-state index contributed by atoms with van der Waals surface area (Å²) in [5.74, 6) is 0.838. The minimum atomic E-state index is 0.242. The zero-order chi connectivity index (χ0) is 9.68. The van der Waals surface area contributed by atoms with Crippen molar-refractivity contribution < 1.29 is 4.79 Å². The molecule has 0 spiro atoms. The van der Waals surface area contributed by atoms with Crippen molar-refractivity contribution in [2.45, 2.75) is 39.5 Å². The smallest absolute Gasteiger partial charge is 0.155 e. The molecule has 0 heterocycles. The maximum atomic E-state index is 11.0. The van der Waals surface area contributed by atoms with Crippen molar-refractivity contribution in [2.24, 2.45) is 5.92 Å². The second-order valence-electron chi connectivity index (χ2n) is 3.76. The number of hydrogen-bond donors (Lipinski definition) is 0. The van der Waals surface area contributed by atoms with Crippen LogP contribution in [-0.2, 0) is 4.79 Å². The van der Waals surface area contributed by atoms with Gasteiger partial charge in [-0.15, -0.1) is 0 Å². The second-order valence-corrected chi connectivity index (χ2v) is 3.76. The van der Waals surface area contributed by atoms with Crippen molar-refractivity contribution in [3.63, 3.8) is 0 Å². The Morgan fingerprint density at radius 3 is 3.00 bits per heavy atom. The van der Waals surface area contributed by atoms with Crippen LogP contribution in [0.4, 0.5) is 0 Å². The molecule has 0 N–H and O–H groups in total. The molecule has 0 aromatic carbocycles. The van der Waals surface area contributed by atoms with Gasteiger partial charge in [0, 0.05) is 6.42 Å². The van der Waals surface area contributed by atoms with Gasteiger partial charge < -0.3 is 0 Å². The van der Waals surface area contributed by atoms with E-state index in [-0.39, 0.29) is 5.78 Å². The van der Waals surface area contributed by atoms with Gasteiger partial charge in [0.25, 0.3) is 0 Å². The van der Waals surface area contributed by atoms with E-state index in [0.29, 0.717) is 12.3 Å². The van der Waals surface area contributed by atoms with Gasteiger partial charge in [0.05, 0.1) is 0 Å². The predicted octanol–water partition coefficient (Wildman–Crippen LogP) is 3.27. The molecule has 1 atom stereocenters. The largest absolute Gasteiger partial charge is 0.295 e. The molecule has 0 amide bonds. The first-order chi connectivity index (χ1) is 6.22. The monoisotopic (exact) mass is 178 g/mol. The SMILES string of the molecule is CCC(=O)/C=C/C1CC=C(C)CC1. The zero-order valence-electron chi connectivity index (χ0n) is 8.55. The summed E-state index contributed by atoms with van der Waals surface area (Å²) in [6.45, 7) is 4.08. The lowest BCUT2D eigenvalue weighted by molar-refractivity contribution is -0.114. The Morgan fingerprint density at radius 2 is 2.46 bits per heavy atom. The minimum Gasteiger partial charge on any atom is -0.295 e. The molecule has 1 aliphatic rings. The maximum absolute atomic E-state index is 11.0. The van der Waals surface area contributed by atoms with Crippen molar-refractivity contribution in [3.05, 3.63) is 23.8 Å². The predicted molar refractivity (Wildman–Crippen MR) is 55.5 cm³/mol. The molecule has 1 rings (SSSR count). The average molecular weight is 178 g/mol. The molecule has 1 unspecified atom stereocenters. The summed E-state index contributed by atoms with van der Waals surface area (Å²) in [6.07, 6.45) is 10.2. The quantitative estimate of drug-likeness (QED) is 0.479. The van der Waals surface area contributed by atoms with Crippen LogP contribution < -0.4 is 0 Å². The molecular formula is C12H18O. The van der Waals surface area contributed by atoms with Gasteiger partial charge in [-0.05, 0) is 38.2 Å². The van der Waals surface area contributed by atoms with Gasteiger partial charge in [0.1, 0.15) is 0 Å². The number of carbonyl (C=O) groups excluding carboxylic acids is 1. The number of carbonyl (C=O) groups is 1. The fourth-order valence-electron chi connectivity index (χ4n) is 1.52. The molecule has 0 saturated carbocycles. The molecule has 13 heavy (non-hydrogen) atoms. The summed E-state index contributed by atoms with van der Waals surface area (Å²) in [7, 11) is 0. The average Bonchev–Trinajstić information content (AvgIpc) is 2.16. The van der Waals surface area contributed by atoms with Crippen LogP contribution in [0.15, 0.2) is 23.8 Å². The van der Waals surface area contributed by atoms with Gasteiger partial charge in [0.15, 0.2) is 5.78 Å². The molecular weight excluding hydrogens is 160 g/mol. The summed E-state index contributed by atoms with van der Waals surface area (Å²) in [5, 5.41) is 0. The van der Waals surface area contributed by atoms with Crippen LogP contribution in [0.2, 0.25) is 0 Å². The normalized spacial score (nSPS) is 23.2. The van der Waals surface area contributed by atoms with Crippen LogP contribution in [0.25, 0.3) is 0 Å². The van der Waals surface area contributed by atoms with Crippen LogP contribution in [-0.4, -0.2) is 5.78 Å². The Kier molecular flexibility index (Phi) is 3.94. The van der Waals surface area contributed by atoms with E-state index in [4.69, 9.17) is 0 Å². The third kappa shape index (κ3) is 3.58. The van der Waals surface area contributed by atoms with Crippen LogP contribution in [0, 0.1) is 5.92 Å². The van der Waals surface area contributed by atoms with Crippen LogP contribution >= 0.6 is 0 Å². The lowest BCUT2D eigenvalue weighted by Gasteiger charge is -2.16. The standard InChI is InChI=1S/C12H18O/c1-3-12(13)9-8-11-6-4-10(2)5-7-11/h4,8-9,11H,3,5-7H2,1-2H3/b9-8+. The van der Waals surface area contributed by atoms with E-state index < -0.39 is 0 Å². The first-order valence-electron chi connectivity index (χ1n) is 5.09. The number of hydrogen-bond acceptors (Lipinski definition) is 1. The minimum absolute atomic E-state index is 0.242. The highest BCUT2D eigenvalue weighted by Gasteiger charge is 2.08. The van der Waals surface area contributed by atoms with Gasteiger partial charge in [-0.3, -0.25) is 4.79 Å². The highest BCUT2D eigenvalue weighted by atomic mass is 16.1. The Hall–Kier alpha value is -0.850. The van der Waals surface area contributed by atoms with Gasteiger partial charge in [-0.2, -0.15) is 0 Å². The first-order valence-corrected chi connectivity index (χ1v) is 5.09. The molecule has 0 radical (unpaired) electrons. The van der Waals surface area contributed by atoms with Crippen LogP contribution in [0.5, 0.6) is 0 Å². The molecule has 1 aliphatic carbocycles. The van der Waals surface area contributed by atoms with Crippen LogP contribution in [0.1, 0.15) is 39.5 Å². The Balaban J connectivity index is 2.39. The Bertz CT molecular complexity index is 236. The number of ketones is 1. The topological polar surface area (TPSA) is 17.1 Å². The molecule has 0 aromatic heterocycles. The molecule has 1 nitrogen and oxygen atoms in total. The number of rotatable bonds is 3. The van der Waals surface area contributed by atoms with Gasteiger partial charge >= 0.3 is 0 Å². The Morgan fingerprint density at radius 1 is 1.69 bits per heavy atom. The van der Waals surface area contributed by atoms with Gasteiger partial charge in [-0.25, -0.2) is 0 Å². The third-order valence-electron chi connectivity index (χ3n) is 2.58. The highest BCUT2D eigenvalue weighted by Crippen LogP contribution is 2.23. The second kappa shape index (κ2) is 5.00. The summed E-state index contributed by atoms with van der Waals surface area (Å²) >= 11 is 0. The maximum Gasteiger partial charge on any atom is 0.155 e. The van der Waals surface area contributed by atoms with Crippen LogP contribution in [0.3, 0.4) is 0 Å². The molecule has 0 aliphatic heterocycles. The lowest BCUT2D eigenvalue weighted by atomic mass is 9.90. The molecule has 0 saturated heterocycles. The summed E-state index contributed by atoms with van der Waals surface area (Å²) in [5.41, 5.74) is 1.49. The van der Waals surface area contributed by atoms with Crippen molar-refractivity contribution in [3.8, 4) is 0 Å². The highest BCUT2D eigenvalue weighted by molar-refractivity contribution is 5.89. The van der Waals surface area contributed by atoms with E-state index in [9.17, 15) is 4.79 Å². The van der Waals surface area contributed by atoms with E-state index in [1.807, 2.05) is 6.92 Å². The van der Waals surface area contributed by atoms with Crippen molar-refractivity contribution >= 4 is 5.78 Å². The van der Waals surface area contributed by atoms with Gasteiger partial charge in [-0.1, -0.05) is 24.6 Å². The fourth-order valence-corrected chi connectivity index (χ4v) is 1.52. The van der Waals surface area contributed by atoms with Gasteiger partial charge in [0.2, 0.25) is 0 Å². The number of allylic oxidation sites excluding steroid dienone is 4. The fraction of sp³-hybridized carbons (Fsp3) is 0.583. The first kappa shape index (κ1) is 10.2. The molecule has 72 valence electrons.